The summed E-state index contributed by atoms with van der Waals surface area (Å²) in [5, 5.41) is 7.57. The van der Waals surface area contributed by atoms with Crippen LogP contribution in [0.2, 0.25) is 0 Å². The highest BCUT2D eigenvalue weighted by Crippen LogP contribution is 2.26. The molecule has 0 bridgehead atoms. The van der Waals surface area contributed by atoms with Gasteiger partial charge in [-0.05, 0) is 19.4 Å². The molecule has 1 saturated heterocycles. The van der Waals surface area contributed by atoms with E-state index in [1.54, 1.807) is 17.7 Å². The number of thiazole rings is 1. The Morgan fingerprint density at radius 1 is 1.17 bits per heavy atom. The lowest BCUT2D eigenvalue weighted by molar-refractivity contribution is 0.120. The summed E-state index contributed by atoms with van der Waals surface area (Å²) < 4.78 is 1.94. The van der Waals surface area contributed by atoms with Crippen LogP contribution in [0.1, 0.15) is 25.0 Å². The molecule has 0 aliphatic carbocycles. The van der Waals surface area contributed by atoms with Crippen molar-refractivity contribution in [1.82, 2.24) is 24.6 Å². The highest BCUT2D eigenvalue weighted by atomic mass is 32.1. The zero-order valence-electron chi connectivity index (χ0n) is 13.6. The maximum atomic E-state index is 4.85. The first-order chi connectivity index (χ1) is 11.9. The number of benzene rings is 1. The molecular formula is C18H21N5S. The van der Waals surface area contributed by atoms with Crippen LogP contribution in [0.4, 0.5) is 0 Å². The van der Waals surface area contributed by atoms with Crippen molar-refractivity contribution in [3.63, 3.8) is 0 Å². The highest BCUT2D eigenvalue weighted by molar-refractivity contribution is 7.13. The number of likely N-dealkylation sites (tertiary alicyclic amines) is 1. The molecule has 124 valence electrons. The molecule has 1 fully saturated rings. The van der Waals surface area contributed by atoms with Gasteiger partial charge >= 0.3 is 0 Å². The van der Waals surface area contributed by atoms with Crippen molar-refractivity contribution in [2.24, 2.45) is 0 Å². The molecule has 5 nitrogen and oxygen atoms in total. The summed E-state index contributed by atoms with van der Waals surface area (Å²) in [7, 11) is 0. The van der Waals surface area contributed by atoms with Gasteiger partial charge in [0.25, 0.3) is 0 Å². The van der Waals surface area contributed by atoms with E-state index in [9.17, 15) is 0 Å². The van der Waals surface area contributed by atoms with E-state index in [-0.39, 0.29) is 0 Å². The normalized spacial score (nSPS) is 18.8. The number of nitrogens with zero attached hydrogens (tertiary/aromatic N) is 5. The molecule has 0 amide bonds. The minimum atomic E-state index is 0.516. The predicted octanol–water partition coefficient (Wildman–Crippen LogP) is 3.46. The fraction of sp³-hybridized carbons (Fsp3) is 0.389. The smallest absolute Gasteiger partial charge is 0.137 e. The molecule has 1 unspecified atom stereocenters. The SMILES string of the molecule is c1ccc(-c2nc(CN3CCCCC3Cn3cncn3)cs2)cc1. The van der Waals surface area contributed by atoms with Gasteiger partial charge < -0.3 is 0 Å². The van der Waals surface area contributed by atoms with Crippen molar-refractivity contribution in [3.8, 4) is 10.6 Å². The standard InChI is InChI=1S/C18H21N5S/c1-2-6-15(7-3-1)18-21-16(12-24-18)10-22-9-5-4-8-17(22)11-23-14-19-13-20-23/h1-3,6-7,12-14,17H,4-5,8-11H2. The van der Waals surface area contributed by atoms with Crippen LogP contribution in [-0.4, -0.2) is 37.2 Å². The Hall–Kier alpha value is -2.05. The lowest BCUT2D eigenvalue weighted by Crippen LogP contribution is -2.41. The lowest BCUT2D eigenvalue weighted by atomic mass is 10.0. The van der Waals surface area contributed by atoms with Crippen LogP contribution in [0.15, 0.2) is 48.4 Å². The minimum Gasteiger partial charge on any atom is -0.293 e. The van der Waals surface area contributed by atoms with Crippen molar-refractivity contribution in [3.05, 3.63) is 54.1 Å². The van der Waals surface area contributed by atoms with Crippen LogP contribution in [0, 0.1) is 0 Å². The van der Waals surface area contributed by atoms with Crippen LogP contribution in [0.5, 0.6) is 0 Å². The molecule has 1 atom stereocenters. The Bertz CT molecular complexity index is 753. The monoisotopic (exact) mass is 339 g/mol. The van der Waals surface area contributed by atoms with Gasteiger partial charge in [0.1, 0.15) is 17.7 Å². The zero-order chi connectivity index (χ0) is 16.2. The second-order valence-electron chi connectivity index (χ2n) is 6.25. The van der Waals surface area contributed by atoms with Crippen LogP contribution in [0.25, 0.3) is 10.6 Å². The summed E-state index contributed by atoms with van der Waals surface area (Å²) in [5.74, 6) is 0. The van der Waals surface area contributed by atoms with Crippen LogP contribution in [-0.2, 0) is 13.1 Å². The molecule has 6 heteroatoms. The van der Waals surface area contributed by atoms with E-state index in [2.05, 4.69) is 44.6 Å². The molecular weight excluding hydrogens is 318 g/mol. The topological polar surface area (TPSA) is 46.8 Å². The fourth-order valence-corrected chi connectivity index (χ4v) is 4.14. The molecule has 1 aromatic carbocycles. The van der Waals surface area contributed by atoms with Gasteiger partial charge in [-0.25, -0.2) is 9.97 Å². The third-order valence-electron chi connectivity index (χ3n) is 4.55. The van der Waals surface area contributed by atoms with E-state index in [1.165, 1.54) is 30.5 Å². The Morgan fingerprint density at radius 3 is 2.92 bits per heavy atom. The first kappa shape index (κ1) is 15.5. The van der Waals surface area contributed by atoms with E-state index >= 15 is 0 Å². The number of rotatable bonds is 5. The van der Waals surface area contributed by atoms with E-state index in [4.69, 9.17) is 4.98 Å². The van der Waals surface area contributed by atoms with Gasteiger partial charge in [0.15, 0.2) is 0 Å². The predicted molar refractivity (Wildman–Crippen MR) is 95.6 cm³/mol. The third-order valence-corrected chi connectivity index (χ3v) is 5.49. The van der Waals surface area contributed by atoms with Crippen LogP contribution < -0.4 is 0 Å². The molecule has 0 radical (unpaired) electrons. The van der Waals surface area contributed by atoms with Gasteiger partial charge in [0.05, 0.1) is 12.2 Å². The minimum absolute atomic E-state index is 0.516. The van der Waals surface area contributed by atoms with Gasteiger partial charge in [-0.3, -0.25) is 9.58 Å². The van der Waals surface area contributed by atoms with E-state index in [0.29, 0.717) is 6.04 Å². The highest BCUT2D eigenvalue weighted by Gasteiger charge is 2.23. The maximum absolute atomic E-state index is 4.85. The van der Waals surface area contributed by atoms with Crippen molar-refractivity contribution in [2.45, 2.75) is 38.4 Å². The van der Waals surface area contributed by atoms with Crippen molar-refractivity contribution in [1.29, 1.82) is 0 Å². The quantitative estimate of drug-likeness (QED) is 0.714. The van der Waals surface area contributed by atoms with Crippen molar-refractivity contribution in [2.75, 3.05) is 6.54 Å². The number of hydrogen-bond donors (Lipinski definition) is 0. The second-order valence-corrected chi connectivity index (χ2v) is 7.11. The Morgan fingerprint density at radius 2 is 2.08 bits per heavy atom. The molecule has 0 saturated carbocycles. The summed E-state index contributed by atoms with van der Waals surface area (Å²) in [5.41, 5.74) is 2.37. The van der Waals surface area contributed by atoms with Crippen LogP contribution >= 0.6 is 11.3 Å². The van der Waals surface area contributed by atoms with E-state index in [0.717, 1.165) is 24.6 Å². The summed E-state index contributed by atoms with van der Waals surface area (Å²) in [6.45, 7) is 2.97. The van der Waals surface area contributed by atoms with Crippen LogP contribution in [0.3, 0.4) is 0 Å². The average Bonchev–Trinajstić information content (AvgIpc) is 3.29. The zero-order valence-corrected chi connectivity index (χ0v) is 14.4. The van der Waals surface area contributed by atoms with E-state index in [1.807, 2.05) is 17.1 Å². The molecule has 3 heterocycles. The number of aromatic nitrogens is 4. The number of piperidine rings is 1. The maximum Gasteiger partial charge on any atom is 0.137 e. The Balaban J connectivity index is 1.46. The van der Waals surface area contributed by atoms with Gasteiger partial charge in [-0.1, -0.05) is 36.8 Å². The third kappa shape index (κ3) is 3.55. The molecule has 24 heavy (non-hydrogen) atoms. The molecule has 1 aliphatic rings. The Labute approximate surface area is 146 Å². The molecule has 3 aromatic rings. The number of hydrogen-bond acceptors (Lipinski definition) is 5. The summed E-state index contributed by atoms with van der Waals surface area (Å²) >= 11 is 1.73. The molecule has 0 spiro atoms. The first-order valence-electron chi connectivity index (χ1n) is 8.45. The van der Waals surface area contributed by atoms with Gasteiger partial charge in [-0.15, -0.1) is 11.3 Å². The fourth-order valence-electron chi connectivity index (χ4n) is 3.32. The summed E-state index contributed by atoms with van der Waals surface area (Å²) in [4.78, 5) is 11.5. The van der Waals surface area contributed by atoms with Gasteiger partial charge in [0.2, 0.25) is 0 Å². The second kappa shape index (κ2) is 7.23. The molecule has 2 aromatic heterocycles. The molecule has 0 N–H and O–H groups in total. The largest absolute Gasteiger partial charge is 0.293 e. The summed E-state index contributed by atoms with van der Waals surface area (Å²) in [6, 6.07) is 10.9. The molecule has 1 aliphatic heterocycles. The first-order valence-corrected chi connectivity index (χ1v) is 9.33. The molecule has 4 rings (SSSR count). The average molecular weight is 339 g/mol. The lowest BCUT2D eigenvalue weighted by Gasteiger charge is -2.35. The van der Waals surface area contributed by atoms with Crippen molar-refractivity contribution < 1.29 is 0 Å². The van der Waals surface area contributed by atoms with Gasteiger partial charge in [-0.2, -0.15) is 5.10 Å². The summed E-state index contributed by atoms with van der Waals surface area (Å²) in [6.07, 6.45) is 7.20. The Kier molecular flexibility index (Phi) is 4.66. The van der Waals surface area contributed by atoms with Crippen molar-refractivity contribution >= 4 is 11.3 Å². The van der Waals surface area contributed by atoms with E-state index < -0.39 is 0 Å². The van der Waals surface area contributed by atoms with Gasteiger partial charge in [0, 0.05) is 23.5 Å².